The fourth-order valence-electron chi connectivity index (χ4n) is 2.98. The van der Waals surface area contributed by atoms with Crippen LogP contribution < -0.4 is 5.32 Å². The number of carbonyl (C=O) groups excluding carboxylic acids is 1. The number of nitrogens with zero attached hydrogens (tertiary/aromatic N) is 3. The van der Waals surface area contributed by atoms with Gasteiger partial charge in [-0.2, -0.15) is 0 Å². The molecule has 30 heavy (non-hydrogen) atoms. The highest BCUT2D eigenvalue weighted by Crippen LogP contribution is 2.28. The highest BCUT2D eigenvalue weighted by Gasteiger charge is 2.16. The molecule has 0 saturated heterocycles. The monoisotopic (exact) mass is 422 g/mol. The van der Waals surface area contributed by atoms with Gasteiger partial charge in [0.05, 0.1) is 0 Å². The maximum absolute atomic E-state index is 11.9. The Morgan fingerprint density at radius 3 is 2.27 bits per heavy atom. The molecule has 1 N–H and O–H groups in total. The molecule has 0 radical (unpaired) electrons. The van der Waals surface area contributed by atoms with Gasteiger partial charge in [-0.15, -0.1) is 10.2 Å². The second-order valence-electron chi connectivity index (χ2n) is 7.99. The number of aromatic nitrogens is 3. The van der Waals surface area contributed by atoms with Gasteiger partial charge in [0.1, 0.15) is 0 Å². The first kappa shape index (κ1) is 22.1. The molecule has 1 aromatic heterocycles. The molecule has 0 fully saturated rings. The van der Waals surface area contributed by atoms with E-state index in [1.165, 1.54) is 11.1 Å². The van der Waals surface area contributed by atoms with E-state index in [-0.39, 0.29) is 5.91 Å². The van der Waals surface area contributed by atoms with E-state index in [0.29, 0.717) is 12.3 Å². The molecule has 5 nitrogen and oxygen atoms in total. The number of thioether (sulfide) groups is 1. The number of rotatable bonds is 9. The largest absolute Gasteiger partial charge is 0.356 e. The molecule has 0 unspecified atom stereocenters. The summed E-state index contributed by atoms with van der Waals surface area (Å²) in [5, 5.41) is 12.8. The molecule has 0 bridgehead atoms. The topological polar surface area (TPSA) is 59.8 Å². The molecule has 0 saturated carbocycles. The van der Waals surface area contributed by atoms with Gasteiger partial charge in [-0.25, -0.2) is 0 Å². The first-order valence-corrected chi connectivity index (χ1v) is 11.4. The van der Waals surface area contributed by atoms with Gasteiger partial charge in [0.25, 0.3) is 0 Å². The minimum atomic E-state index is 0.115. The molecule has 1 amide bonds. The Hall–Kier alpha value is -2.60. The average molecular weight is 423 g/mol. The van der Waals surface area contributed by atoms with E-state index in [2.05, 4.69) is 96.3 Å². The van der Waals surface area contributed by atoms with Crippen molar-refractivity contribution in [1.29, 1.82) is 0 Å². The third-order valence-corrected chi connectivity index (χ3v) is 5.74. The summed E-state index contributed by atoms with van der Waals surface area (Å²) in [7, 11) is 0. The first-order chi connectivity index (χ1) is 14.4. The van der Waals surface area contributed by atoms with Crippen LogP contribution in [0, 0.1) is 19.8 Å². The SMILES string of the molecule is Cc1ccc(-c2nnc(SCCCC(=O)NCC(C)C)n2-c2ccc(C)cc2)cc1. The number of carbonyl (C=O) groups is 1. The number of aryl methyl sites for hydroxylation is 2. The molecule has 0 aliphatic rings. The van der Waals surface area contributed by atoms with Crippen LogP contribution in [0.15, 0.2) is 53.7 Å². The van der Waals surface area contributed by atoms with Gasteiger partial charge >= 0.3 is 0 Å². The molecule has 3 rings (SSSR count). The molecule has 158 valence electrons. The van der Waals surface area contributed by atoms with E-state index in [9.17, 15) is 4.79 Å². The van der Waals surface area contributed by atoms with Crippen LogP contribution in [-0.2, 0) is 4.79 Å². The van der Waals surface area contributed by atoms with E-state index in [0.717, 1.165) is 41.0 Å². The summed E-state index contributed by atoms with van der Waals surface area (Å²) in [6, 6.07) is 16.7. The van der Waals surface area contributed by atoms with Crippen molar-refractivity contribution < 1.29 is 4.79 Å². The Morgan fingerprint density at radius 2 is 1.63 bits per heavy atom. The number of nitrogens with one attached hydrogen (secondary N) is 1. The summed E-state index contributed by atoms with van der Waals surface area (Å²) in [6.07, 6.45) is 1.33. The predicted molar refractivity (Wildman–Crippen MR) is 124 cm³/mol. The minimum absolute atomic E-state index is 0.115. The van der Waals surface area contributed by atoms with Gasteiger partial charge in [-0.3, -0.25) is 9.36 Å². The quantitative estimate of drug-likeness (QED) is 0.380. The predicted octanol–water partition coefficient (Wildman–Crippen LogP) is 5.20. The lowest BCUT2D eigenvalue weighted by molar-refractivity contribution is -0.121. The van der Waals surface area contributed by atoms with Crippen molar-refractivity contribution >= 4 is 17.7 Å². The number of hydrogen-bond acceptors (Lipinski definition) is 4. The van der Waals surface area contributed by atoms with Gasteiger partial charge in [0, 0.05) is 30.0 Å². The van der Waals surface area contributed by atoms with Crippen LogP contribution in [0.2, 0.25) is 0 Å². The zero-order valence-electron chi connectivity index (χ0n) is 18.2. The summed E-state index contributed by atoms with van der Waals surface area (Å²) in [5.74, 6) is 2.23. The first-order valence-electron chi connectivity index (χ1n) is 10.4. The zero-order valence-corrected chi connectivity index (χ0v) is 19.0. The summed E-state index contributed by atoms with van der Waals surface area (Å²) in [6.45, 7) is 9.08. The van der Waals surface area contributed by atoms with Crippen LogP contribution in [0.25, 0.3) is 17.1 Å². The fourth-order valence-corrected chi connectivity index (χ4v) is 3.87. The molecule has 0 aliphatic carbocycles. The minimum Gasteiger partial charge on any atom is -0.356 e. The Balaban J connectivity index is 1.75. The third kappa shape index (κ3) is 5.95. The second-order valence-corrected chi connectivity index (χ2v) is 9.06. The molecule has 6 heteroatoms. The molecule has 1 heterocycles. The van der Waals surface area contributed by atoms with Crippen molar-refractivity contribution in [3.63, 3.8) is 0 Å². The molecule has 0 aliphatic heterocycles. The summed E-state index contributed by atoms with van der Waals surface area (Å²) in [5.41, 5.74) is 4.50. The molecule has 0 atom stereocenters. The van der Waals surface area contributed by atoms with Crippen molar-refractivity contribution in [2.45, 2.75) is 45.7 Å². The van der Waals surface area contributed by atoms with Crippen LogP contribution in [0.5, 0.6) is 0 Å². The van der Waals surface area contributed by atoms with E-state index in [1.807, 2.05) is 0 Å². The third-order valence-electron chi connectivity index (χ3n) is 4.72. The van der Waals surface area contributed by atoms with Crippen molar-refractivity contribution in [3.05, 3.63) is 59.7 Å². The zero-order chi connectivity index (χ0) is 21.5. The number of hydrogen-bond donors (Lipinski definition) is 1. The summed E-state index contributed by atoms with van der Waals surface area (Å²) < 4.78 is 2.10. The van der Waals surface area contributed by atoms with E-state index in [4.69, 9.17) is 0 Å². The van der Waals surface area contributed by atoms with E-state index >= 15 is 0 Å². The molecule has 3 aromatic rings. The van der Waals surface area contributed by atoms with Gasteiger partial charge < -0.3 is 5.32 Å². The molecular weight excluding hydrogens is 392 g/mol. The average Bonchev–Trinajstić information content (AvgIpc) is 3.14. The Morgan fingerprint density at radius 1 is 1.00 bits per heavy atom. The van der Waals surface area contributed by atoms with E-state index < -0.39 is 0 Å². The van der Waals surface area contributed by atoms with Crippen molar-refractivity contribution in [2.75, 3.05) is 12.3 Å². The van der Waals surface area contributed by atoms with Crippen LogP contribution in [0.3, 0.4) is 0 Å². The van der Waals surface area contributed by atoms with E-state index in [1.54, 1.807) is 11.8 Å². The Kier molecular flexibility index (Phi) is 7.69. The summed E-state index contributed by atoms with van der Waals surface area (Å²) in [4.78, 5) is 11.9. The van der Waals surface area contributed by atoms with Crippen LogP contribution in [0.1, 0.15) is 37.8 Å². The lowest BCUT2D eigenvalue weighted by Gasteiger charge is -2.11. The van der Waals surface area contributed by atoms with Gasteiger partial charge in [0.15, 0.2) is 11.0 Å². The molecular formula is C24H30N4OS. The lowest BCUT2D eigenvalue weighted by Crippen LogP contribution is -2.27. The van der Waals surface area contributed by atoms with Gasteiger partial charge in [0.2, 0.25) is 5.91 Å². The highest BCUT2D eigenvalue weighted by molar-refractivity contribution is 7.99. The Labute approximate surface area is 183 Å². The standard InChI is InChI=1S/C24H30N4OS/c1-17(2)16-25-22(29)6-5-15-30-24-27-26-23(20-11-7-18(3)8-12-20)28(24)21-13-9-19(4)10-14-21/h7-14,17H,5-6,15-16H2,1-4H3,(H,25,29). The van der Waals surface area contributed by atoms with Crippen molar-refractivity contribution in [2.24, 2.45) is 5.92 Å². The van der Waals surface area contributed by atoms with Crippen LogP contribution in [0.4, 0.5) is 0 Å². The maximum atomic E-state index is 11.9. The van der Waals surface area contributed by atoms with Gasteiger partial charge in [-0.05, 0) is 38.3 Å². The van der Waals surface area contributed by atoms with Crippen LogP contribution in [-0.4, -0.2) is 33.0 Å². The fraction of sp³-hybridized carbons (Fsp3) is 0.375. The summed E-state index contributed by atoms with van der Waals surface area (Å²) >= 11 is 1.64. The normalized spacial score (nSPS) is 11.1. The lowest BCUT2D eigenvalue weighted by atomic mass is 10.1. The second kappa shape index (κ2) is 10.4. The molecule has 0 spiro atoms. The molecule has 2 aromatic carbocycles. The van der Waals surface area contributed by atoms with Gasteiger partial charge in [-0.1, -0.05) is 73.1 Å². The van der Waals surface area contributed by atoms with Crippen molar-refractivity contribution in [1.82, 2.24) is 20.1 Å². The van der Waals surface area contributed by atoms with Crippen LogP contribution >= 0.6 is 11.8 Å². The number of amides is 1. The number of benzene rings is 2. The highest BCUT2D eigenvalue weighted by atomic mass is 32.2. The van der Waals surface area contributed by atoms with Crippen molar-refractivity contribution in [3.8, 4) is 17.1 Å². The smallest absolute Gasteiger partial charge is 0.220 e. The maximum Gasteiger partial charge on any atom is 0.220 e. The Bertz CT molecular complexity index is 962.